The molecule has 3 aromatic rings. The first-order valence-electron chi connectivity index (χ1n) is 10.4. The zero-order chi connectivity index (χ0) is 29.7. The van der Waals surface area contributed by atoms with E-state index in [4.69, 9.17) is 0 Å². The van der Waals surface area contributed by atoms with E-state index >= 15 is 0 Å². The average molecular weight is 572 g/mol. The van der Waals surface area contributed by atoms with E-state index in [-0.39, 0.29) is 42.0 Å². The summed E-state index contributed by atoms with van der Waals surface area (Å²) in [5, 5.41) is 0. The van der Waals surface area contributed by atoms with Crippen molar-refractivity contribution in [3.63, 3.8) is 0 Å². The van der Waals surface area contributed by atoms with Gasteiger partial charge in [0.05, 0.1) is 22.3 Å². The maximum absolute atomic E-state index is 13.2. The second-order valence-electron chi connectivity index (χ2n) is 8.34. The van der Waals surface area contributed by atoms with E-state index in [0.717, 1.165) is 12.1 Å². The molecule has 0 unspecified atom stereocenters. The third kappa shape index (κ3) is 6.79. The Balaban J connectivity index is 2.15. The van der Waals surface area contributed by atoms with Crippen LogP contribution in [0, 0.1) is 6.92 Å². The van der Waals surface area contributed by atoms with Gasteiger partial charge in [0.1, 0.15) is 0 Å². The van der Waals surface area contributed by atoms with Crippen LogP contribution in [0.1, 0.15) is 59.7 Å². The standard InChI is InChI=1S/C25H12F12O2/c1-11-2-12(20(38)14-5-16(22(26,27)28)9-17(6-14)23(29,30)31)4-13(3-11)21(39)15-7-18(24(32,33)34)10-19(8-15)25(35,36)37/h2-10H,1H3. The molecular formula is C25H12F12O2. The van der Waals surface area contributed by atoms with Crippen LogP contribution >= 0.6 is 0 Å². The van der Waals surface area contributed by atoms with Gasteiger partial charge in [-0.05, 0) is 67.1 Å². The summed E-state index contributed by atoms with van der Waals surface area (Å²) in [7, 11) is 0. The minimum absolute atomic E-state index is 0.00948. The van der Waals surface area contributed by atoms with Crippen molar-refractivity contribution in [1.29, 1.82) is 0 Å². The molecular weight excluding hydrogens is 560 g/mol. The quantitative estimate of drug-likeness (QED) is 0.232. The van der Waals surface area contributed by atoms with E-state index in [1.165, 1.54) is 6.92 Å². The molecule has 3 aromatic carbocycles. The van der Waals surface area contributed by atoms with Gasteiger partial charge >= 0.3 is 24.7 Å². The van der Waals surface area contributed by atoms with Crippen LogP contribution in [0.25, 0.3) is 0 Å². The summed E-state index contributed by atoms with van der Waals surface area (Å²) >= 11 is 0. The number of hydrogen-bond donors (Lipinski definition) is 0. The Morgan fingerprint density at radius 2 is 0.641 bits per heavy atom. The van der Waals surface area contributed by atoms with Crippen LogP contribution in [0.2, 0.25) is 0 Å². The van der Waals surface area contributed by atoms with E-state index in [9.17, 15) is 62.3 Å². The Labute approximate surface area is 210 Å². The molecule has 0 heterocycles. The van der Waals surface area contributed by atoms with Crippen LogP contribution in [0.15, 0.2) is 54.6 Å². The number of hydrogen-bond acceptors (Lipinski definition) is 2. The first kappa shape index (κ1) is 29.7. The Kier molecular flexibility index (Phi) is 7.41. The molecule has 0 atom stereocenters. The Bertz CT molecular complexity index is 1270. The van der Waals surface area contributed by atoms with Crippen molar-refractivity contribution in [2.45, 2.75) is 31.6 Å². The van der Waals surface area contributed by atoms with Crippen molar-refractivity contribution in [3.8, 4) is 0 Å². The zero-order valence-corrected chi connectivity index (χ0v) is 19.0. The number of ketones is 2. The normalized spacial score (nSPS) is 12.9. The predicted molar refractivity (Wildman–Crippen MR) is 111 cm³/mol. The van der Waals surface area contributed by atoms with Crippen LogP contribution in [0.4, 0.5) is 52.7 Å². The van der Waals surface area contributed by atoms with Gasteiger partial charge in [-0.25, -0.2) is 0 Å². The van der Waals surface area contributed by atoms with Crippen molar-refractivity contribution in [3.05, 3.63) is 105 Å². The highest BCUT2D eigenvalue weighted by atomic mass is 19.4. The van der Waals surface area contributed by atoms with Crippen molar-refractivity contribution < 1.29 is 62.3 Å². The van der Waals surface area contributed by atoms with E-state index in [2.05, 4.69) is 0 Å². The molecule has 0 N–H and O–H groups in total. The number of alkyl halides is 12. The fourth-order valence-corrected chi connectivity index (χ4v) is 3.55. The minimum Gasteiger partial charge on any atom is -0.289 e. The highest BCUT2D eigenvalue weighted by Gasteiger charge is 2.39. The molecule has 0 aliphatic carbocycles. The minimum atomic E-state index is -5.27. The van der Waals surface area contributed by atoms with Crippen LogP contribution in [-0.2, 0) is 24.7 Å². The number of rotatable bonds is 4. The lowest BCUT2D eigenvalue weighted by Crippen LogP contribution is -2.15. The summed E-state index contributed by atoms with van der Waals surface area (Å²) in [6, 6.07) is 2.74. The number of aryl methyl sites for hydroxylation is 1. The molecule has 0 amide bonds. The molecule has 2 nitrogen and oxygen atoms in total. The maximum atomic E-state index is 13.2. The van der Waals surface area contributed by atoms with E-state index in [1.54, 1.807) is 0 Å². The summed E-state index contributed by atoms with van der Waals surface area (Å²) in [6.07, 6.45) is -21.1. The summed E-state index contributed by atoms with van der Waals surface area (Å²) in [4.78, 5) is 25.8. The largest absolute Gasteiger partial charge is 0.416 e. The summed E-state index contributed by atoms with van der Waals surface area (Å²) < 4.78 is 158. The van der Waals surface area contributed by atoms with Gasteiger partial charge < -0.3 is 0 Å². The third-order valence-electron chi connectivity index (χ3n) is 5.30. The maximum Gasteiger partial charge on any atom is 0.416 e. The molecule has 39 heavy (non-hydrogen) atoms. The Morgan fingerprint density at radius 3 is 0.872 bits per heavy atom. The fraction of sp³-hybridized carbons (Fsp3) is 0.200. The lowest BCUT2D eigenvalue weighted by Gasteiger charge is -2.15. The van der Waals surface area contributed by atoms with Crippen LogP contribution < -0.4 is 0 Å². The molecule has 0 radical (unpaired) electrons. The number of halogens is 12. The van der Waals surface area contributed by atoms with Crippen molar-refractivity contribution in [2.75, 3.05) is 0 Å². The van der Waals surface area contributed by atoms with Gasteiger partial charge in [-0.3, -0.25) is 9.59 Å². The Hall–Kier alpha value is -3.84. The zero-order valence-electron chi connectivity index (χ0n) is 19.0. The molecule has 0 saturated heterocycles. The fourth-order valence-electron chi connectivity index (χ4n) is 3.55. The molecule has 0 aliphatic rings. The lowest BCUT2D eigenvalue weighted by atomic mass is 9.92. The molecule has 0 bridgehead atoms. The number of benzene rings is 3. The summed E-state index contributed by atoms with van der Waals surface area (Å²) in [6.45, 7) is 1.23. The van der Waals surface area contributed by atoms with Gasteiger partial charge in [-0.2, -0.15) is 52.7 Å². The van der Waals surface area contributed by atoms with Crippen LogP contribution in [-0.4, -0.2) is 11.6 Å². The topological polar surface area (TPSA) is 34.1 Å². The van der Waals surface area contributed by atoms with Gasteiger partial charge in [0.15, 0.2) is 11.6 Å². The van der Waals surface area contributed by atoms with Gasteiger partial charge in [0.2, 0.25) is 0 Å². The first-order valence-corrected chi connectivity index (χ1v) is 10.4. The summed E-state index contributed by atoms with van der Waals surface area (Å²) in [5.41, 5.74) is -10.6. The monoisotopic (exact) mass is 572 g/mol. The molecule has 14 heteroatoms. The highest BCUT2D eigenvalue weighted by molar-refractivity contribution is 6.13. The molecule has 0 fully saturated rings. The van der Waals surface area contributed by atoms with Gasteiger partial charge in [0.25, 0.3) is 0 Å². The van der Waals surface area contributed by atoms with Crippen molar-refractivity contribution in [2.24, 2.45) is 0 Å². The Morgan fingerprint density at radius 1 is 0.410 bits per heavy atom. The second kappa shape index (κ2) is 9.72. The number of carbonyl (C=O) groups is 2. The van der Waals surface area contributed by atoms with Crippen molar-refractivity contribution in [1.82, 2.24) is 0 Å². The second-order valence-corrected chi connectivity index (χ2v) is 8.34. The average Bonchev–Trinajstić information content (AvgIpc) is 2.79. The van der Waals surface area contributed by atoms with E-state index in [0.29, 0.717) is 6.07 Å². The van der Waals surface area contributed by atoms with Crippen LogP contribution in [0.3, 0.4) is 0 Å². The molecule has 0 saturated carbocycles. The molecule has 0 aliphatic heterocycles. The van der Waals surface area contributed by atoms with E-state index in [1.807, 2.05) is 0 Å². The van der Waals surface area contributed by atoms with Gasteiger partial charge in [0, 0.05) is 22.3 Å². The smallest absolute Gasteiger partial charge is 0.289 e. The molecule has 0 spiro atoms. The first-order chi connectivity index (χ1) is 17.6. The molecule has 3 rings (SSSR count). The highest BCUT2D eigenvalue weighted by Crippen LogP contribution is 2.38. The predicted octanol–water partition coefficient (Wildman–Crippen LogP) is 8.53. The summed E-state index contributed by atoms with van der Waals surface area (Å²) in [5.74, 6) is -2.83. The number of carbonyl (C=O) groups excluding carboxylic acids is 2. The van der Waals surface area contributed by atoms with Gasteiger partial charge in [-0.1, -0.05) is 0 Å². The SMILES string of the molecule is Cc1cc(C(=O)c2cc(C(F)(F)F)cc(C(F)(F)F)c2)cc(C(=O)c2cc(C(F)(F)F)cc(C(F)(F)F)c2)c1. The van der Waals surface area contributed by atoms with E-state index < -0.39 is 80.8 Å². The molecule has 208 valence electrons. The lowest BCUT2D eigenvalue weighted by molar-refractivity contribution is -0.144. The van der Waals surface area contributed by atoms with Gasteiger partial charge in [-0.15, -0.1) is 0 Å². The third-order valence-corrected chi connectivity index (χ3v) is 5.30. The molecule has 0 aromatic heterocycles. The van der Waals surface area contributed by atoms with Crippen LogP contribution in [0.5, 0.6) is 0 Å². The van der Waals surface area contributed by atoms with Crippen molar-refractivity contribution >= 4 is 11.6 Å².